The van der Waals surface area contributed by atoms with Crippen LogP contribution in [0.1, 0.15) is 26.2 Å². The van der Waals surface area contributed by atoms with Crippen LogP contribution in [-0.2, 0) is 9.53 Å². The smallest absolute Gasteiger partial charge is 0.340 e. The second kappa shape index (κ2) is 5.17. The Balaban J connectivity index is 2.91. The monoisotopic (exact) mass is 318 g/mol. The molecule has 14 heavy (non-hydrogen) atoms. The highest BCUT2D eigenvalue weighted by Gasteiger charge is 2.28. The fourth-order valence-corrected chi connectivity index (χ4v) is 2.34. The molecule has 1 aliphatic heterocycles. The molecule has 74 valence electrons. The van der Waals surface area contributed by atoms with Crippen LogP contribution < -0.4 is 0 Å². The van der Waals surface area contributed by atoms with E-state index in [2.05, 4.69) is 38.8 Å². The van der Waals surface area contributed by atoms with Gasteiger partial charge in [-0.1, -0.05) is 29.3 Å². The van der Waals surface area contributed by atoms with Crippen molar-refractivity contribution in [1.82, 2.24) is 0 Å². The maximum Gasteiger partial charge on any atom is 0.340 e. The summed E-state index contributed by atoms with van der Waals surface area (Å²) >= 11 is 6.39. The van der Waals surface area contributed by atoms with Crippen molar-refractivity contribution in [3.8, 4) is 0 Å². The summed E-state index contributed by atoms with van der Waals surface area (Å²) in [7, 11) is 5.50. The van der Waals surface area contributed by atoms with Crippen LogP contribution in [0.5, 0.6) is 0 Å². The molecule has 1 heterocycles. The van der Waals surface area contributed by atoms with Crippen LogP contribution in [0.2, 0.25) is 0 Å². The van der Waals surface area contributed by atoms with Crippen molar-refractivity contribution >= 4 is 45.7 Å². The summed E-state index contributed by atoms with van der Waals surface area (Å²) in [6, 6.07) is 0. The van der Waals surface area contributed by atoms with E-state index in [1.807, 2.05) is 0 Å². The molecule has 2 nitrogen and oxygen atoms in total. The van der Waals surface area contributed by atoms with Crippen molar-refractivity contribution in [3.05, 3.63) is 20.2 Å². The molecule has 0 spiro atoms. The zero-order valence-electron chi connectivity index (χ0n) is 7.77. The van der Waals surface area contributed by atoms with Gasteiger partial charge in [0.1, 0.15) is 13.6 Å². The summed E-state index contributed by atoms with van der Waals surface area (Å²) < 4.78 is 6.00. The van der Waals surface area contributed by atoms with E-state index in [4.69, 9.17) is 12.6 Å². The molecule has 0 bridgehead atoms. The molecule has 0 aromatic carbocycles. The lowest BCUT2D eigenvalue weighted by molar-refractivity contribution is -0.133. The van der Waals surface area contributed by atoms with Gasteiger partial charge in [0.2, 0.25) is 0 Å². The SMILES string of the molecule is [B]/C(Br)=C1\OC(=O)C(CCCC)=C1Br. The third-order valence-electron chi connectivity index (χ3n) is 1.90. The summed E-state index contributed by atoms with van der Waals surface area (Å²) in [4.78, 5) is 11.4. The third kappa shape index (κ3) is 2.51. The number of carbonyl (C=O) groups excluding carboxylic acids is 1. The van der Waals surface area contributed by atoms with Crippen LogP contribution in [0.4, 0.5) is 0 Å². The Morgan fingerprint density at radius 1 is 1.57 bits per heavy atom. The second-order valence-electron chi connectivity index (χ2n) is 2.96. The van der Waals surface area contributed by atoms with Gasteiger partial charge in [0.05, 0.1) is 10.1 Å². The van der Waals surface area contributed by atoms with Crippen LogP contribution in [0.25, 0.3) is 0 Å². The molecule has 1 aliphatic rings. The summed E-state index contributed by atoms with van der Waals surface area (Å²) in [5.74, 6) is 0.0869. The molecule has 0 fully saturated rings. The molecular formula is C9H9BBr2O2. The van der Waals surface area contributed by atoms with Crippen LogP contribution in [0, 0.1) is 0 Å². The van der Waals surface area contributed by atoms with Gasteiger partial charge in [-0.05, 0) is 33.2 Å². The molecular weight excluding hydrogens is 311 g/mol. The lowest BCUT2D eigenvalue weighted by atomic mass is 10.1. The first-order valence-corrected chi connectivity index (χ1v) is 5.93. The third-order valence-corrected chi connectivity index (χ3v) is 3.10. The number of unbranched alkanes of at least 4 members (excludes halogenated alkanes) is 1. The highest BCUT2D eigenvalue weighted by atomic mass is 79.9. The molecule has 0 aromatic heterocycles. The van der Waals surface area contributed by atoms with E-state index in [1.54, 1.807) is 0 Å². The molecule has 0 atom stereocenters. The number of hydrogen-bond acceptors (Lipinski definition) is 2. The standard InChI is InChI=1S/C9H9BBr2O2/c1-2-3-4-5-6(11)7(8(10)12)14-9(5)13/h2-4H2,1H3/b8-7+. The fourth-order valence-electron chi connectivity index (χ4n) is 1.14. The summed E-state index contributed by atoms with van der Waals surface area (Å²) in [6.45, 7) is 2.07. The van der Waals surface area contributed by atoms with Crippen LogP contribution >= 0.6 is 31.9 Å². The first-order valence-electron chi connectivity index (χ1n) is 4.34. The van der Waals surface area contributed by atoms with Crippen molar-refractivity contribution in [2.45, 2.75) is 26.2 Å². The Labute approximate surface area is 101 Å². The Bertz CT molecular complexity index is 317. The predicted molar refractivity (Wildman–Crippen MR) is 63.3 cm³/mol. The molecule has 1 rings (SSSR count). The number of cyclic esters (lactones) is 1. The van der Waals surface area contributed by atoms with Gasteiger partial charge >= 0.3 is 5.97 Å². The minimum absolute atomic E-state index is 0.303. The van der Waals surface area contributed by atoms with E-state index >= 15 is 0 Å². The molecule has 0 unspecified atom stereocenters. The second-order valence-corrected chi connectivity index (χ2v) is 4.61. The maximum atomic E-state index is 11.4. The summed E-state index contributed by atoms with van der Waals surface area (Å²) in [5, 5.41) is 0. The van der Waals surface area contributed by atoms with Gasteiger partial charge < -0.3 is 4.74 Å². The average Bonchev–Trinajstić information content (AvgIpc) is 2.40. The fraction of sp³-hybridized carbons (Fsp3) is 0.444. The van der Waals surface area contributed by atoms with Crippen LogP contribution in [0.15, 0.2) is 20.2 Å². The number of hydrogen-bond donors (Lipinski definition) is 0. The van der Waals surface area contributed by atoms with E-state index in [0.717, 1.165) is 19.3 Å². The lowest BCUT2D eigenvalue weighted by Crippen LogP contribution is -1.99. The number of halogens is 2. The Morgan fingerprint density at radius 3 is 2.64 bits per heavy atom. The quantitative estimate of drug-likeness (QED) is 0.590. The lowest BCUT2D eigenvalue weighted by Gasteiger charge is -1.97. The number of esters is 1. The highest BCUT2D eigenvalue weighted by Crippen LogP contribution is 2.35. The number of carbonyl (C=O) groups is 1. The molecule has 5 heteroatoms. The van der Waals surface area contributed by atoms with Gasteiger partial charge in [-0.25, -0.2) is 4.79 Å². The van der Waals surface area contributed by atoms with E-state index < -0.39 is 0 Å². The van der Waals surface area contributed by atoms with E-state index in [9.17, 15) is 4.79 Å². The Kier molecular flexibility index (Phi) is 4.45. The van der Waals surface area contributed by atoms with E-state index in [-0.39, 0.29) is 5.97 Å². The van der Waals surface area contributed by atoms with Crippen molar-refractivity contribution in [2.75, 3.05) is 0 Å². The topological polar surface area (TPSA) is 26.3 Å². The van der Waals surface area contributed by atoms with Gasteiger partial charge in [-0.15, -0.1) is 0 Å². The molecule has 2 radical (unpaired) electrons. The summed E-state index contributed by atoms with van der Waals surface area (Å²) in [5.41, 5.74) is 0.671. The van der Waals surface area contributed by atoms with Gasteiger partial charge in [0, 0.05) is 0 Å². The van der Waals surface area contributed by atoms with Crippen molar-refractivity contribution in [2.24, 2.45) is 0 Å². The van der Waals surface area contributed by atoms with Crippen LogP contribution in [0.3, 0.4) is 0 Å². The first-order chi connectivity index (χ1) is 6.57. The van der Waals surface area contributed by atoms with Crippen molar-refractivity contribution < 1.29 is 9.53 Å². The van der Waals surface area contributed by atoms with Crippen molar-refractivity contribution in [3.63, 3.8) is 0 Å². The Hall–Kier alpha value is -0.0251. The highest BCUT2D eigenvalue weighted by molar-refractivity contribution is 9.12. The molecule has 0 aromatic rings. The number of rotatable bonds is 3. The van der Waals surface area contributed by atoms with E-state index in [0.29, 0.717) is 20.2 Å². The maximum absolute atomic E-state index is 11.4. The number of allylic oxidation sites excluding steroid dienone is 1. The largest absolute Gasteiger partial charge is 0.422 e. The van der Waals surface area contributed by atoms with E-state index in [1.165, 1.54) is 0 Å². The zero-order valence-corrected chi connectivity index (χ0v) is 10.9. The molecule has 0 saturated carbocycles. The minimum Gasteiger partial charge on any atom is -0.422 e. The molecule has 0 saturated heterocycles. The van der Waals surface area contributed by atoms with Gasteiger partial charge in [-0.2, -0.15) is 0 Å². The Morgan fingerprint density at radius 2 is 2.21 bits per heavy atom. The van der Waals surface area contributed by atoms with Gasteiger partial charge in [0.25, 0.3) is 0 Å². The molecule has 0 N–H and O–H groups in total. The molecule has 0 aliphatic carbocycles. The zero-order chi connectivity index (χ0) is 10.7. The average molecular weight is 320 g/mol. The first kappa shape index (κ1) is 12.0. The van der Waals surface area contributed by atoms with Gasteiger partial charge in [0.15, 0.2) is 0 Å². The predicted octanol–water partition coefficient (Wildman–Crippen LogP) is 3.11. The van der Waals surface area contributed by atoms with Crippen LogP contribution in [-0.4, -0.2) is 13.8 Å². The van der Waals surface area contributed by atoms with Crippen molar-refractivity contribution in [1.29, 1.82) is 0 Å². The summed E-state index contributed by atoms with van der Waals surface area (Å²) in [6.07, 6.45) is 2.73. The normalized spacial score (nSPS) is 20.1. The minimum atomic E-state index is -0.303. The van der Waals surface area contributed by atoms with Gasteiger partial charge in [-0.3, -0.25) is 0 Å². The molecule has 0 amide bonds. The number of ether oxygens (including phenoxy) is 1.